The minimum Gasteiger partial charge on any atom is -0.310 e. The Morgan fingerprint density at radius 3 is 2.24 bits per heavy atom. The summed E-state index contributed by atoms with van der Waals surface area (Å²) in [6.07, 6.45) is 1.51. The van der Waals surface area contributed by atoms with Gasteiger partial charge >= 0.3 is 0 Å². The van der Waals surface area contributed by atoms with E-state index in [2.05, 4.69) is 12.2 Å². The van der Waals surface area contributed by atoms with Gasteiger partial charge in [-0.25, -0.2) is 8.78 Å². The minimum atomic E-state index is -0.546. The highest BCUT2D eigenvalue weighted by atomic mass is 35.5. The summed E-state index contributed by atoms with van der Waals surface area (Å²) in [5.74, 6) is -1.09. The molecular weight excluding hydrogens is 292 g/mol. The topological polar surface area (TPSA) is 12.0 Å². The van der Waals surface area contributed by atoms with Crippen molar-refractivity contribution in [1.82, 2.24) is 5.32 Å². The third-order valence-corrected chi connectivity index (χ3v) is 3.53. The predicted molar refractivity (Wildman–Crippen MR) is 82.5 cm³/mol. The van der Waals surface area contributed by atoms with Crippen molar-refractivity contribution < 1.29 is 8.78 Å². The molecule has 1 nitrogen and oxygen atoms in total. The molecule has 112 valence electrons. The second kappa shape index (κ2) is 7.53. The number of hydrogen-bond acceptors (Lipinski definition) is 1. The van der Waals surface area contributed by atoms with Crippen LogP contribution in [0.1, 0.15) is 30.5 Å². The lowest BCUT2D eigenvalue weighted by atomic mass is 9.98. The Kier molecular flexibility index (Phi) is 5.71. The summed E-state index contributed by atoms with van der Waals surface area (Å²) in [5.41, 5.74) is 1.69. The van der Waals surface area contributed by atoms with Gasteiger partial charge in [0.15, 0.2) is 0 Å². The molecule has 0 radical (unpaired) electrons. The van der Waals surface area contributed by atoms with Crippen LogP contribution in [0.25, 0.3) is 0 Å². The van der Waals surface area contributed by atoms with Crippen LogP contribution in [0.3, 0.4) is 0 Å². The normalized spacial score (nSPS) is 12.4. The standard InChI is InChI=1S/C17H18ClF2N/c1-2-7-21-17(13-3-5-14(18)6-4-13)10-12-8-15(19)11-16(20)9-12/h3-6,8-9,11,17,21H,2,7,10H2,1H3. The van der Waals surface area contributed by atoms with E-state index in [0.717, 1.165) is 24.6 Å². The monoisotopic (exact) mass is 309 g/mol. The maximum absolute atomic E-state index is 13.3. The van der Waals surface area contributed by atoms with Crippen LogP contribution >= 0.6 is 11.6 Å². The van der Waals surface area contributed by atoms with Crippen LogP contribution in [0.5, 0.6) is 0 Å². The third kappa shape index (κ3) is 4.80. The molecule has 2 aromatic rings. The highest BCUT2D eigenvalue weighted by Crippen LogP contribution is 2.21. The number of rotatable bonds is 6. The second-order valence-corrected chi connectivity index (χ2v) is 5.48. The van der Waals surface area contributed by atoms with E-state index in [1.165, 1.54) is 12.1 Å². The zero-order chi connectivity index (χ0) is 15.2. The highest BCUT2D eigenvalue weighted by molar-refractivity contribution is 6.30. The van der Waals surface area contributed by atoms with Crippen LogP contribution in [0, 0.1) is 11.6 Å². The summed E-state index contributed by atoms with van der Waals surface area (Å²) in [6, 6.07) is 11.2. The van der Waals surface area contributed by atoms with E-state index in [4.69, 9.17) is 11.6 Å². The van der Waals surface area contributed by atoms with Crippen LogP contribution in [-0.4, -0.2) is 6.54 Å². The minimum absolute atomic E-state index is 0.00316. The van der Waals surface area contributed by atoms with Gasteiger partial charge in [-0.15, -0.1) is 0 Å². The fourth-order valence-electron chi connectivity index (χ4n) is 2.29. The molecule has 1 unspecified atom stereocenters. The van der Waals surface area contributed by atoms with Crippen molar-refractivity contribution >= 4 is 11.6 Å². The molecule has 0 amide bonds. The molecular formula is C17H18ClF2N. The van der Waals surface area contributed by atoms with Crippen molar-refractivity contribution in [3.8, 4) is 0 Å². The Labute approximate surface area is 128 Å². The first-order chi connectivity index (χ1) is 10.1. The molecule has 0 aromatic heterocycles. The van der Waals surface area contributed by atoms with E-state index in [1.54, 1.807) is 0 Å². The highest BCUT2D eigenvalue weighted by Gasteiger charge is 2.13. The van der Waals surface area contributed by atoms with Crippen molar-refractivity contribution in [2.24, 2.45) is 0 Å². The molecule has 0 aliphatic carbocycles. The Hall–Kier alpha value is -1.45. The zero-order valence-corrected chi connectivity index (χ0v) is 12.6. The van der Waals surface area contributed by atoms with Gasteiger partial charge in [-0.05, 0) is 54.8 Å². The summed E-state index contributed by atoms with van der Waals surface area (Å²) >= 11 is 5.90. The van der Waals surface area contributed by atoms with Gasteiger partial charge in [-0.2, -0.15) is 0 Å². The van der Waals surface area contributed by atoms with Crippen LogP contribution in [0.15, 0.2) is 42.5 Å². The first-order valence-electron chi connectivity index (χ1n) is 7.02. The lowest BCUT2D eigenvalue weighted by Crippen LogP contribution is -2.24. The molecule has 1 N–H and O–H groups in total. The van der Waals surface area contributed by atoms with Gasteiger partial charge in [-0.1, -0.05) is 30.7 Å². The molecule has 0 aliphatic heterocycles. The van der Waals surface area contributed by atoms with E-state index in [9.17, 15) is 8.78 Å². The number of halogens is 3. The summed E-state index contributed by atoms with van der Waals surface area (Å²) in [5, 5.41) is 4.08. The Bertz CT molecular complexity index is 564. The molecule has 0 fully saturated rings. The number of nitrogens with one attached hydrogen (secondary N) is 1. The third-order valence-electron chi connectivity index (χ3n) is 3.28. The number of hydrogen-bond donors (Lipinski definition) is 1. The maximum Gasteiger partial charge on any atom is 0.126 e. The van der Waals surface area contributed by atoms with E-state index in [1.807, 2.05) is 24.3 Å². The molecule has 21 heavy (non-hydrogen) atoms. The SMILES string of the molecule is CCCNC(Cc1cc(F)cc(F)c1)c1ccc(Cl)cc1. The summed E-state index contributed by atoms with van der Waals surface area (Å²) < 4.78 is 26.6. The van der Waals surface area contributed by atoms with Gasteiger partial charge in [0, 0.05) is 17.1 Å². The van der Waals surface area contributed by atoms with Crippen LogP contribution in [0.2, 0.25) is 5.02 Å². The molecule has 2 rings (SSSR count). The smallest absolute Gasteiger partial charge is 0.126 e. The summed E-state index contributed by atoms with van der Waals surface area (Å²) in [4.78, 5) is 0. The van der Waals surface area contributed by atoms with Crippen LogP contribution in [0.4, 0.5) is 8.78 Å². The summed E-state index contributed by atoms with van der Waals surface area (Å²) in [6.45, 7) is 2.92. The average Bonchev–Trinajstić information content (AvgIpc) is 2.43. The Morgan fingerprint density at radius 1 is 1.05 bits per heavy atom. The molecule has 2 aromatic carbocycles. The van der Waals surface area contributed by atoms with Crippen molar-refractivity contribution in [1.29, 1.82) is 0 Å². The average molecular weight is 310 g/mol. The van der Waals surface area contributed by atoms with Crippen molar-refractivity contribution in [2.45, 2.75) is 25.8 Å². The van der Waals surface area contributed by atoms with E-state index >= 15 is 0 Å². The Balaban J connectivity index is 2.21. The fourth-order valence-corrected chi connectivity index (χ4v) is 2.41. The van der Waals surface area contributed by atoms with Gasteiger partial charge in [0.1, 0.15) is 11.6 Å². The van der Waals surface area contributed by atoms with Crippen molar-refractivity contribution in [2.75, 3.05) is 6.54 Å². The predicted octanol–water partition coefficient (Wildman–Crippen LogP) is 4.90. The van der Waals surface area contributed by atoms with Crippen molar-refractivity contribution in [3.63, 3.8) is 0 Å². The molecule has 0 aliphatic rings. The number of benzene rings is 2. The van der Waals surface area contributed by atoms with Crippen LogP contribution < -0.4 is 5.32 Å². The molecule has 0 saturated heterocycles. The molecule has 0 bridgehead atoms. The second-order valence-electron chi connectivity index (χ2n) is 5.04. The largest absolute Gasteiger partial charge is 0.310 e. The van der Waals surface area contributed by atoms with Crippen molar-refractivity contribution in [3.05, 3.63) is 70.2 Å². The van der Waals surface area contributed by atoms with Gasteiger partial charge < -0.3 is 5.32 Å². The van der Waals surface area contributed by atoms with Gasteiger partial charge in [0.2, 0.25) is 0 Å². The van der Waals surface area contributed by atoms with Gasteiger partial charge in [0.05, 0.1) is 0 Å². The molecule has 1 atom stereocenters. The molecule has 0 saturated carbocycles. The van der Waals surface area contributed by atoms with Gasteiger partial charge in [0.25, 0.3) is 0 Å². The van der Waals surface area contributed by atoms with E-state index < -0.39 is 11.6 Å². The first kappa shape index (κ1) is 15.9. The lowest BCUT2D eigenvalue weighted by molar-refractivity contribution is 0.522. The quantitative estimate of drug-likeness (QED) is 0.800. The zero-order valence-electron chi connectivity index (χ0n) is 11.9. The first-order valence-corrected chi connectivity index (χ1v) is 7.40. The van der Waals surface area contributed by atoms with Gasteiger partial charge in [-0.3, -0.25) is 0 Å². The molecule has 4 heteroatoms. The van der Waals surface area contributed by atoms with E-state index in [-0.39, 0.29) is 6.04 Å². The fraction of sp³-hybridized carbons (Fsp3) is 0.294. The molecule has 0 heterocycles. The van der Waals surface area contributed by atoms with E-state index in [0.29, 0.717) is 17.0 Å². The van der Waals surface area contributed by atoms with Crippen LogP contribution in [-0.2, 0) is 6.42 Å². The summed E-state index contributed by atoms with van der Waals surface area (Å²) in [7, 11) is 0. The lowest BCUT2D eigenvalue weighted by Gasteiger charge is -2.19. The maximum atomic E-state index is 13.3. The molecule has 0 spiro atoms. The Morgan fingerprint density at radius 2 is 1.67 bits per heavy atom.